The van der Waals surface area contributed by atoms with Gasteiger partial charge in [0.15, 0.2) is 0 Å². The summed E-state index contributed by atoms with van der Waals surface area (Å²) < 4.78 is 0. The first-order valence-electron chi connectivity index (χ1n) is 7.12. The zero-order valence-electron chi connectivity index (χ0n) is 11.6. The van der Waals surface area contributed by atoms with Crippen molar-refractivity contribution >= 4 is 11.3 Å². The summed E-state index contributed by atoms with van der Waals surface area (Å²) >= 11 is 1.72. The highest BCUT2D eigenvalue weighted by atomic mass is 32.1. The van der Waals surface area contributed by atoms with Gasteiger partial charge in [-0.3, -0.25) is 4.90 Å². The first-order chi connectivity index (χ1) is 8.73. The quantitative estimate of drug-likeness (QED) is 0.861. The van der Waals surface area contributed by atoms with Crippen molar-refractivity contribution in [3.05, 3.63) is 16.6 Å². The molecule has 1 fully saturated rings. The Balaban J connectivity index is 2.12. The number of hydrogen-bond donors (Lipinski definition) is 1. The van der Waals surface area contributed by atoms with Crippen molar-refractivity contribution in [2.75, 3.05) is 13.1 Å². The number of aromatic nitrogens is 1. The highest BCUT2D eigenvalue weighted by Crippen LogP contribution is 2.32. The van der Waals surface area contributed by atoms with Gasteiger partial charge in [0.05, 0.1) is 5.01 Å². The topological polar surface area (TPSA) is 42.1 Å². The number of thiazole rings is 1. The Bertz CT molecular complexity index is 340. The lowest BCUT2D eigenvalue weighted by molar-refractivity contribution is 0.0768. The number of hydrogen-bond acceptors (Lipinski definition) is 4. The molecule has 0 aliphatic carbocycles. The molecule has 0 aromatic carbocycles. The maximum Gasteiger partial charge on any atom is 0.0940 e. The maximum absolute atomic E-state index is 6.57. The summed E-state index contributed by atoms with van der Waals surface area (Å²) in [5.74, 6) is 0. The summed E-state index contributed by atoms with van der Waals surface area (Å²) in [6.07, 6.45) is 7.71. The molecule has 2 N–H and O–H groups in total. The maximum atomic E-state index is 6.57. The van der Waals surface area contributed by atoms with Crippen LogP contribution in [0.1, 0.15) is 44.5 Å². The largest absolute Gasteiger partial charge is 0.326 e. The highest BCUT2D eigenvalue weighted by Gasteiger charge is 2.40. The molecule has 3 nitrogen and oxygen atoms in total. The van der Waals surface area contributed by atoms with Crippen LogP contribution in [0.4, 0.5) is 0 Å². The molecule has 0 bridgehead atoms. The molecule has 1 saturated heterocycles. The molecule has 0 saturated carbocycles. The molecule has 102 valence electrons. The van der Waals surface area contributed by atoms with Crippen molar-refractivity contribution in [1.82, 2.24) is 9.88 Å². The first kappa shape index (κ1) is 14.0. The fraction of sp³-hybridized carbons (Fsp3) is 0.786. The Labute approximate surface area is 114 Å². The van der Waals surface area contributed by atoms with Gasteiger partial charge in [0.2, 0.25) is 0 Å². The number of rotatable bonds is 6. The van der Waals surface area contributed by atoms with Gasteiger partial charge in [-0.1, -0.05) is 13.8 Å². The predicted octanol–water partition coefficient (Wildman–Crippen LogP) is 2.67. The van der Waals surface area contributed by atoms with Crippen LogP contribution in [0.25, 0.3) is 0 Å². The SMILES string of the molecule is CCC(CC)(C(N)Cc1nccs1)N1CCCC1. The van der Waals surface area contributed by atoms with Crippen LogP contribution in [-0.2, 0) is 6.42 Å². The third-order valence-corrected chi connectivity index (χ3v) is 5.33. The molecule has 1 unspecified atom stereocenters. The Morgan fingerprint density at radius 1 is 1.39 bits per heavy atom. The number of likely N-dealkylation sites (tertiary alicyclic amines) is 1. The molecule has 0 amide bonds. The Morgan fingerprint density at radius 3 is 2.56 bits per heavy atom. The third-order valence-electron chi connectivity index (χ3n) is 4.53. The van der Waals surface area contributed by atoms with Gasteiger partial charge in [0, 0.05) is 29.6 Å². The molecule has 0 spiro atoms. The van der Waals surface area contributed by atoms with Crippen molar-refractivity contribution in [2.45, 2.75) is 57.5 Å². The van der Waals surface area contributed by atoms with Crippen molar-refractivity contribution in [3.8, 4) is 0 Å². The zero-order valence-corrected chi connectivity index (χ0v) is 12.4. The lowest BCUT2D eigenvalue weighted by Crippen LogP contribution is -2.59. The van der Waals surface area contributed by atoms with Crippen molar-refractivity contribution < 1.29 is 0 Å². The fourth-order valence-corrected chi connectivity index (χ4v) is 4.03. The Hall–Kier alpha value is -0.450. The first-order valence-corrected chi connectivity index (χ1v) is 8.00. The molecule has 2 rings (SSSR count). The van der Waals surface area contributed by atoms with Crippen LogP contribution in [0, 0.1) is 0 Å². The van der Waals surface area contributed by atoms with Gasteiger partial charge < -0.3 is 5.73 Å². The second-order valence-corrected chi connectivity index (χ2v) is 6.22. The molecule has 1 aliphatic rings. The standard InChI is InChI=1S/C14H25N3S/c1-3-14(4-2,17-8-5-6-9-17)12(15)11-13-16-7-10-18-13/h7,10,12H,3-6,8-9,11,15H2,1-2H3. The van der Waals surface area contributed by atoms with E-state index in [0.717, 1.165) is 19.3 Å². The average molecular weight is 267 g/mol. The van der Waals surface area contributed by atoms with Gasteiger partial charge in [-0.15, -0.1) is 11.3 Å². The van der Waals surface area contributed by atoms with Gasteiger partial charge >= 0.3 is 0 Å². The highest BCUT2D eigenvalue weighted by molar-refractivity contribution is 7.09. The van der Waals surface area contributed by atoms with E-state index in [1.54, 1.807) is 11.3 Å². The van der Waals surface area contributed by atoms with Crippen LogP contribution in [0.2, 0.25) is 0 Å². The minimum absolute atomic E-state index is 0.169. The Morgan fingerprint density at radius 2 is 2.06 bits per heavy atom. The van der Waals surface area contributed by atoms with Crippen LogP contribution < -0.4 is 5.73 Å². The monoisotopic (exact) mass is 267 g/mol. The van der Waals surface area contributed by atoms with E-state index in [2.05, 4.69) is 23.7 Å². The molecule has 1 aliphatic heterocycles. The van der Waals surface area contributed by atoms with Gasteiger partial charge in [-0.05, 0) is 38.8 Å². The molecule has 18 heavy (non-hydrogen) atoms. The van der Waals surface area contributed by atoms with E-state index >= 15 is 0 Å². The summed E-state index contributed by atoms with van der Waals surface area (Å²) in [6, 6.07) is 0.191. The van der Waals surface area contributed by atoms with Crippen molar-refractivity contribution in [2.24, 2.45) is 5.73 Å². The van der Waals surface area contributed by atoms with Crippen LogP contribution in [-0.4, -0.2) is 34.6 Å². The van der Waals surface area contributed by atoms with Gasteiger partial charge in [0.1, 0.15) is 0 Å². The second-order valence-electron chi connectivity index (χ2n) is 5.24. The lowest BCUT2D eigenvalue weighted by atomic mass is 9.81. The number of nitrogens with two attached hydrogens (primary N) is 1. The average Bonchev–Trinajstić information content (AvgIpc) is 3.04. The van der Waals surface area contributed by atoms with E-state index in [1.165, 1.54) is 30.9 Å². The molecular weight excluding hydrogens is 242 g/mol. The van der Waals surface area contributed by atoms with Crippen LogP contribution in [0.15, 0.2) is 11.6 Å². The van der Waals surface area contributed by atoms with Gasteiger partial charge in [-0.2, -0.15) is 0 Å². The Kier molecular flexibility index (Phi) is 4.76. The van der Waals surface area contributed by atoms with Gasteiger partial charge in [0.25, 0.3) is 0 Å². The van der Waals surface area contributed by atoms with E-state index in [0.29, 0.717) is 0 Å². The van der Waals surface area contributed by atoms with E-state index in [9.17, 15) is 0 Å². The number of nitrogens with zero attached hydrogens (tertiary/aromatic N) is 2. The van der Waals surface area contributed by atoms with Crippen LogP contribution in [0.3, 0.4) is 0 Å². The van der Waals surface area contributed by atoms with E-state index in [1.807, 2.05) is 11.6 Å². The molecule has 4 heteroatoms. The molecule has 1 aromatic heterocycles. The summed E-state index contributed by atoms with van der Waals surface area (Å²) in [7, 11) is 0. The zero-order chi connectivity index (χ0) is 13.0. The van der Waals surface area contributed by atoms with E-state index in [-0.39, 0.29) is 11.6 Å². The molecule has 1 aromatic rings. The van der Waals surface area contributed by atoms with E-state index < -0.39 is 0 Å². The summed E-state index contributed by atoms with van der Waals surface area (Å²) in [4.78, 5) is 7.02. The van der Waals surface area contributed by atoms with Crippen LogP contribution in [0.5, 0.6) is 0 Å². The predicted molar refractivity (Wildman–Crippen MR) is 77.9 cm³/mol. The van der Waals surface area contributed by atoms with Crippen molar-refractivity contribution in [3.63, 3.8) is 0 Å². The van der Waals surface area contributed by atoms with Gasteiger partial charge in [-0.25, -0.2) is 4.98 Å². The van der Waals surface area contributed by atoms with Crippen molar-refractivity contribution in [1.29, 1.82) is 0 Å². The fourth-order valence-electron chi connectivity index (χ4n) is 3.35. The third kappa shape index (κ3) is 2.60. The van der Waals surface area contributed by atoms with Crippen LogP contribution >= 0.6 is 11.3 Å². The lowest BCUT2D eigenvalue weighted by Gasteiger charge is -2.45. The minimum Gasteiger partial charge on any atom is -0.326 e. The smallest absolute Gasteiger partial charge is 0.0940 e. The molecular formula is C14H25N3S. The molecule has 2 heterocycles. The molecule has 0 radical (unpaired) electrons. The summed E-state index contributed by atoms with van der Waals surface area (Å²) in [5, 5.41) is 3.21. The minimum atomic E-state index is 0.169. The molecule has 1 atom stereocenters. The van der Waals surface area contributed by atoms with E-state index in [4.69, 9.17) is 5.73 Å². The summed E-state index contributed by atoms with van der Waals surface area (Å²) in [5.41, 5.74) is 6.74. The normalized spacial score (nSPS) is 19.3. The summed E-state index contributed by atoms with van der Waals surface area (Å²) in [6.45, 7) is 6.99. The second kappa shape index (κ2) is 6.13.